The van der Waals surface area contributed by atoms with Gasteiger partial charge in [0, 0.05) is 12.5 Å². The van der Waals surface area contributed by atoms with E-state index in [9.17, 15) is 4.79 Å². The molecule has 0 bridgehead atoms. The minimum Gasteiger partial charge on any atom is -0.302 e. The molecule has 2 aromatic rings. The van der Waals surface area contributed by atoms with Crippen LogP contribution < -0.4 is 0 Å². The molecule has 0 N–H and O–H groups in total. The molecule has 1 fully saturated rings. The minimum atomic E-state index is -0.737. The lowest BCUT2D eigenvalue weighted by molar-refractivity contribution is -0.135. The number of amides is 1. The lowest BCUT2D eigenvalue weighted by Crippen LogP contribution is -2.49. The van der Waals surface area contributed by atoms with Gasteiger partial charge in [0.05, 0.1) is 0 Å². The topological polar surface area (TPSA) is 32.7 Å². The van der Waals surface area contributed by atoms with Gasteiger partial charge in [0.1, 0.15) is 5.84 Å². The molecule has 1 unspecified atom stereocenters. The van der Waals surface area contributed by atoms with Crippen molar-refractivity contribution in [3.05, 3.63) is 70.3 Å². The van der Waals surface area contributed by atoms with Gasteiger partial charge in [0.25, 0.3) is 5.91 Å². The van der Waals surface area contributed by atoms with Crippen LogP contribution in [0, 0.1) is 11.3 Å². The zero-order valence-corrected chi connectivity index (χ0v) is 18.8. The maximum Gasteiger partial charge on any atom is 0.260 e. The van der Waals surface area contributed by atoms with Gasteiger partial charge in [-0.15, -0.1) is 0 Å². The van der Waals surface area contributed by atoms with Gasteiger partial charge in [-0.25, -0.2) is 0 Å². The van der Waals surface area contributed by atoms with Crippen molar-refractivity contribution in [1.82, 2.24) is 4.90 Å². The van der Waals surface area contributed by atoms with Gasteiger partial charge >= 0.3 is 0 Å². The van der Waals surface area contributed by atoms with E-state index in [0.717, 1.165) is 50.3 Å². The number of benzene rings is 2. The summed E-state index contributed by atoms with van der Waals surface area (Å²) < 4.78 is 0. The fraction of sp³-hybridized carbons (Fsp3) is 0.500. The average Bonchev–Trinajstić information content (AvgIpc) is 3.56. The molecule has 6 rings (SSSR count). The molecule has 31 heavy (non-hydrogen) atoms. The van der Waals surface area contributed by atoms with Crippen LogP contribution in [0.5, 0.6) is 0 Å². The molecule has 1 heterocycles. The van der Waals surface area contributed by atoms with E-state index in [2.05, 4.69) is 42.5 Å². The van der Waals surface area contributed by atoms with E-state index in [1.54, 1.807) is 0 Å². The fourth-order valence-electron chi connectivity index (χ4n) is 6.56. The predicted molar refractivity (Wildman–Crippen MR) is 124 cm³/mol. The zero-order valence-electron chi connectivity index (χ0n) is 18.8. The third-order valence-corrected chi connectivity index (χ3v) is 8.69. The maximum absolute atomic E-state index is 14.0. The first-order valence-electron chi connectivity index (χ1n) is 12.1. The normalized spacial score (nSPS) is 26.2. The number of carbonyl (C=O) groups is 1. The SMILES string of the molecule is CC1=NC2(C(=O)N1C)c1cc(CCC3CC3)ccc1CC21CCc2ccccc2CC1. The van der Waals surface area contributed by atoms with Crippen molar-refractivity contribution in [3.8, 4) is 0 Å². The summed E-state index contributed by atoms with van der Waals surface area (Å²) in [6, 6.07) is 15.9. The highest BCUT2D eigenvalue weighted by molar-refractivity contribution is 6.08. The second-order valence-electron chi connectivity index (χ2n) is 10.4. The fourth-order valence-corrected chi connectivity index (χ4v) is 6.56. The average molecular weight is 413 g/mol. The number of rotatable bonds is 3. The molecule has 0 aromatic heterocycles. The van der Waals surface area contributed by atoms with Crippen LogP contribution in [-0.4, -0.2) is 23.7 Å². The summed E-state index contributed by atoms with van der Waals surface area (Å²) in [6.45, 7) is 2.00. The van der Waals surface area contributed by atoms with Gasteiger partial charge in [-0.3, -0.25) is 9.79 Å². The molecule has 0 saturated heterocycles. The van der Waals surface area contributed by atoms with E-state index in [1.165, 1.54) is 47.1 Å². The molecular weight excluding hydrogens is 380 g/mol. The van der Waals surface area contributed by atoms with Crippen molar-refractivity contribution in [1.29, 1.82) is 0 Å². The molecule has 3 nitrogen and oxygen atoms in total. The van der Waals surface area contributed by atoms with E-state index < -0.39 is 5.54 Å². The Morgan fingerprint density at radius 2 is 1.74 bits per heavy atom. The van der Waals surface area contributed by atoms with Crippen molar-refractivity contribution in [3.63, 3.8) is 0 Å². The van der Waals surface area contributed by atoms with E-state index in [-0.39, 0.29) is 11.3 Å². The Morgan fingerprint density at radius 3 is 2.35 bits per heavy atom. The van der Waals surface area contributed by atoms with Crippen molar-refractivity contribution in [2.24, 2.45) is 16.3 Å². The van der Waals surface area contributed by atoms with Gasteiger partial charge in [-0.05, 0) is 85.6 Å². The van der Waals surface area contributed by atoms with Crippen LogP contribution >= 0.6 is 0 Å². The van der Waals surface area contributed by atoms with Gasteiger partial charge < -0.3 is 4.90 Å². The Labute approximate surface area is 185 Å². The molecule has 3 aliphatic carbocycles. The number of aliphatic imine (C=N–C) groups is 1. The number of hydrogen-bond donors (Lipinski definition) is 0. The summed E-state index contributed by atoms with van der Waals surface area (Å²) in [5, 5.41) is 0. The van der Waals surface area contributed by atoms with Crippen LogP contribution in [0.1, 0.15) is 66.8 Å². The summed E-state index contributed by atoms with van der Waals surface area (Å²) in [5.41, 5.74) is 5.98. The number of aryl methyl sites for hydroxylation is 3. The van der Waals surface area contributed by atoms with Crippen LogP contribution in [0.3, 0.4) is 0 Å². The second-order valence-corrected chi connectivity index (χ2v) is 10.4. The third kappa shape index (κ3) is 2.78. The molecule has 1 amide bonds. The number of amidine groups is 1. The number of likely N-dealkylation sites (N-methyl/N-ethyl adjacent to an activating group) is 1. The van der Waals surface area contributed by atoms with Crippen LogP contribution in [0.15, 0.2) is 47.5 Å². The molecule has 2 spiro atoms. The van der Waals surface area contributed by atoms with Crippen LogP contribution in [0.2, 0.25) is 0 Å². The first-order valence-corrected chi connectivity index (χ1v) is 12.1. The quantitative estimate of drug-likeness (QED) is 0.679. The highest BCUT2D eigenvalue weighted by atomic mass is 16.2. The first-order chi connectivity index (χ1) is 15.0. The summed E-state index contributed by atoms with van der Waals surface area (Å²) in [5.74, 6) is 1.98. The molecule has 4 aliphatic rings. The van der Waals surface area contributed by atoms with Crippen molar-refractivity contribution >= 4 is 11.7 Å². The minimum absolute atomic E-state index is 0.132. The Morgan fingerprint density at radius 1 is 1.03 bits per heavy atom. The van der Waals surface area contributed by atoms with Crippen LogP contribution in [0.4, 0.5) is 0 Å². The van der Waals surface area contributed by atoms with Gasteiger partial charge in [-0.1, -0.05) is 55.3 Å². The number of fused-ring (bicyclic) bond motifs is 4. The Balaban J connectivity index is 1.45. The lowest BCUT2D eigenvalue weighted by atomic mass is 9.65. The Bertz CT molecular complexity index is 1070. The van der Waals surface area contributed by atoms with Gasteiger partial charge in [0.2, 0.25) is 0 Å². The van der Waals surface area contributed by atoms with E-state index in [0.29, 0.717) is 0 Å². The van der Waals surface area contributed by atoms with E-state index >= 15 is 0 Å². The van der Waals surface area contributed by atoms with Crippen molar-refractivity contribution < 1.29 is 4.79 Å². The molecular formula is C28H32N2O. The summed E-state index contributed by atoms with van der Waals surface area (Å²) in [6.07, 6.45) is 10.3. The van der Waals surface area contributed by atoms with E-state index in [1.807, 2.05) is 18.9 Å². The number of hydrogen-bond acceptors (Lipinski definition) is 2. The van der Waals surface area contributed by atoms with Crippen molar-refractivity contribution in [2.45, 2.75) is 70.3 Å². The van der Waals surface area contributed by atoms with Crippen LogP contribution in [0.25, 0.3) is 0 Å². The summed E-state index contributed by atoms with van der Waals surface area (Å²) in [7, 11) is 1.91. The molecule has 160 valence electrons. The maximum atomic E-state index is 14.0. The number of nitrogens with zero attached hydrogens (tertiary/aromatic N) is 2. The third-order valence-electron chi connectivity index (χ3n) is 8.69. The lowest BCUT2D eigenvalue weighted by Gasteiger charge is -2.40. The second kappa shape index (κ2) is 6.79. The molecule has 1 atom stereocenters. The number of carbonyl (C=O) groups excluding carboxylic acids is 1. The first kappa shape index (κ1) is 19.3. The summed E-state index contributed by atoms with van der Waals surface area (Å²) in [4.78, 5) is 21.0. The zero-order chi connectivity index (χ0) is 21.2. The Kier molecular flexibility index (Phi) is 4.22. The van der Waals surface area contributed by atoms with Gasteiger partial charge in [0.15, 0.2) is 5.54 Å². The predicted octanol–water partition coefficient (Wildman–Crippen LogP) is 5.24. The van der Waals surface area contributed by atoms with E-state index in [4.69, 9.17) is 4.99 Å². The standard InChI is InChI=1S/C28H32N2O/c1-19-29-28(26(31)30(19)2)25-17-21(10-9-20-7-8-20)11-12-24(25)18-27(28)15-13-22-5-3-4-6-23(22)14-16-27/h3-6,11-12,17,20H,7-10,13-16,18H2,1-2H3. The molecule has 0 radical (unpaired) electrons. The monoisotopic (exact) mass is 412 g/mol. The molecule has 3 heteroatoms. The largest absolute Gasteiger partial charge is 0.302 e. The van der Waals surface area contributed by atoms with Crippen LogP contribution in [-0.2, 0) is 36.0 Å². The Hall–Kier alpha value is -2.42. The molecule has 2 aromatic carbocycles. The van der Waals surface area contributed by atoms with Crippen molar-refractivity contribution in [2.75, 3.05) is 7.05 Å². The van der Waals surface area contributed by atoms with Gasteiger partial charge in [-0.2, -0.15) is 0 Å². The highest BCUT2D eigenvalue weighted by Crippen LogP contribution is 2.61. The molecule has 1 saturated carbocycles. The summed E-state index contributed by atoms with van der Waals surface area (Å²) >= 11 is 0. The highest BCUT2D eigenvalue weighted by Gasteiger charge is 2.65. The smallest absolute Gasteiger partial charge is 0.260 e. The molecule has 1 aliphatic heterocycles.